The van der Waals surface area contributed by atoms with E-state index in [-0.39, 0.29) is 23.7 Å². The maximum Gasteiger partial charge on any atom is 0.223 e. The lowest BCUT2D eigenvalue weighted by molar-refractivity contribution is -0.135. The van der Waals surface area contributed by atoms with E-state index in [0.717, 1.165) is 56.0 Å². The molecule has 2 heterocycles. The number of Topliss-reactive ketones (excluding diaryl/α,β-unsaturated/α-hetero) is 1. The number of rotatable bonds is 7. The van der Waals surface area contributed by atoms with E-state index < -0.39 is 0 Å². The van der Waals surface area contributed by atoms with E-state index in [9.17, 15) is 9.59 Å². The van der Waals surface area contributed by atoms with Crippen molar-refractivity contribution in [3.8, 4) is 11.5 Å². The lowest BCUT2D eigenvalue weighted by Gasteiger charge is -2.32. The van der Waals surface area contributed by atoms with Gasteiger partial charge >= 0.3 is 0 Å². The topological polar surface area (TPSA) is 59.1 Å². The second kappa shape index (κ2) is 10.1. The molecule has 2 aliphatic rings. The number of hydrogen-bond acceptors (Lipinski definition) is 5. The maximum atomic E-state index is 12.8. The van der Waals surface area contributed by atoms with Crippen LogP contribution in [0.25, 0.3) is 0 Å². The summed E-state index contributed by atoms with van der Waals surface area (Å²) in [6.45, 7) is 7.63. The minimum atomic E-state index is 0.0214. The van der Waals surface area contributed by atoms with Crippen LogP contribution in [0.2, 0.25) is 0 Å². The number of amides is 1. The first-order valence-electron chi connectivity index (χ1n) is 10.9. The fourth-order valence-corrected chi connectivity index (χ4v) is 4.28. The molecule has 2 atom stereocenters. The van der Waals surface area contributed by atoms with Crippen molar-refractivity contribution in [2.45, 2.75) is 58.6 Å². The predicted molar refractivity (Wildman–Crippen MR) is 112 cm³/mol. The highest BCUT2D eigenvalue weighted by Crippen LogP contribution is 2.30. The number of ketones is 1. The van der Waals surface area contributed by atoms with Crippen LogP contribution >= 0.6 is 0 Å². The second-order valence-electron chi connectivity index (χ2n) is 8.11. The zero-order valence-electron chi connectivity index (χ0n) is 18.0. The van der Waals surface area contributed by atoms with E-state index >= 15 is 0 Å². The Labute approximate surface area is 174 Å². The smallest absolute Gasteiger partial charge is 0.223 e. The van der Waals surface area contributed by atoms with E-state index in [4.69, 9.17) is 9.47 Å². The quantitative estimate of drug-likeness (QED) is 0.701. The molecule has 6 heteroatoms. The normalized spacial score (nSPS) is 22.4. The number of carbonyl (C=O) groups is 2. The van der Waals surface area contributed by atoms with Crippen molar-refractivity contribution in [1.82, 2.24) is 9.80 Å². The van der Waals surface area contributed by atoms with E-state index in [1.165, 1.54) is 0 Å². The molecular formula is C23H34N2O4. The third-order valence-corrected chi connectivity index (χ3v) is 6.09. The summed E-state index contributed by atoms with van der Waals surface area (Å²) in [4.78, 5) is 29.1. The van der Waals surface area contributed by atoms with E-state index in [1.807, 2.05) is 30.0 Å². The molecule has 160 valence electrons. The number of fused-ring (bicyclic) bond motifs is 1. The van der Waals surface area contributed by atoms with Gasteiger partial charge in [-0.15, -0.1) is 0 Å². The number of piperidine rings is 1. The van der Waals surface area contributed by atoms with Crippen molar-refractivity contribution in [3.05, 3.63) is 23.8 Å². The fraction of sp³-hybridized carbons (Fsp3) is 0.652. The first-order valence-corrected chi connectivity index (χ1v) is 10.9. The van der Waals surface area contributed by atoms with E-state index in [0.29, 0.717) is 25.9 Å². The summed E-state index contributed by atoms with van der Waals surface area (Å²) < 4.78 is 11.5. The molecule has 3 rings (SSSR count). The van der Waals surface area contributed by atoms with Crippen LogP contribution in [0.1, 0.15) is 51.5 Å². The molecule has 0 unspecified atom stereocenters. The van der Waals surface area contributed by atoms with Crippen molar-refractivity contribution in [2.24, 2.45) is 5.92 Å². The molecule has 1 amide bonds. The lowest BCUT2D eigenvalue weighted by Crippen LogP contribution is -2.43. The summed E-state index contributed by atoms with van der Waals surface area (Å²) in [6, 6.07) is 5.92. The highest BCUT2D eigenvalue weighted by atomic mass is 16.5. The van der Waals surface area contributed by atoms with Gasteiger partial charge in [-0.2, -0.15) is 0 Å². The molecule has 1 fully saturated rings. The zero-order chi connectivity index (χ0) is 20.8. The minimum Gasteiger partial charge on any atom is -0.497 e. The number of methoxy groups -OCH3 is 1. The SMILES string of the molecule is CCC(=O)[C@H]1CCCN(C(=O)CCN2Cc3cc(OC)ccc3O[C@@H](CC)C2)C1. The third-order valence-electron chi connectivity index (χ3n) is 6.09. The Morgan fingerprint density at radius 1 is 1.24 bits per heavy atom. The number of benzene rings is 1. The number of carbonyl (C=O) groups excluding carboxylic acids is 2. The van der Waals surface area contributed by atoms with Gasteiger partial charge in [-0.05, 0) is 37.5 Å². The molecular weight excluding hydrogens is 368 g/mol. The molecule has 0 radical (unpaired) electrons. The van der Waals surface area contributed by atoms with Crippen molar-refractivity contribution in [3.63, 3.8) is 0 Å². The van der Waals surface area contributed by atoms with Gasteiger partial charge in [0.1, 0.15) is 23.4 Å². The minimum absolute atomic E-state index is 0.0214. The summed E-state index contributed by atoms with van der Waals surface area (Å²) in [5.74, 6) is 2.18. The fourth-order valence-electron chi connectivity index (χ4n) is 4.28. The standard InChI is InChI=1S/C23H34N2O4/c1-4-19-16-24(14-18-13-20(28-3)8-9-22(18)29-19)12-10-23(27)25-11-6-7-17(15-25)21(26)5-2/h8-9,13,17,19H,4-7,10-12,14-16H2,1-3H3/t17-,19-/m0/s1. The Balaban J connectivity index is 1.61. The second-order valence-corrected chi connectivity index (χ2v) is 8.11. The molecule has 2 aliphatic heterocycles. The number of ether oxygens (including phenoxy) is 2. The van der Waals surface area contributed by atoms with E-state index in [1.54, 1.807) is 7.11 Å². The first kappa shape index (κ1) is 21.6. The summed E-state index contributed by atoms with van der Waals surface area (Å²) >= 11 is 0. The van der Waals surface area contributed by atoms with Gasteiger partial charge in [0.05, 0.1) is 7.11 Å². The number of hydrogen-bond donors (Lipinski definition) is 0. The highest BCUT2D eigenvalue weighted by molar-refractivity contribution is 5.82. The predicted octanol–water partition coefficient (Wildman–Crippen LogP) is 3.28. The van der Waals surface area contributed by atoms with Crippen LogP contribution in [-0.4, -0.2) is 60.9 Å². The average Bonchev–Trinajstić information content (AvgIpc) is 2.94. The van der Waals surface area contributed by atoms with Crippen LogP contribution in [0, 0.1) is 5.92 Å². The van der Waals surface area contributed by atoms with Crippen LogP contribution < -0.4 is 9.47 Å². The molecule has 0 N–H and O–H groups in total. The molecule has 29 heavy (non-hydrogen) atoms. The van der Waals surface area contributed by atoms with Crippen molar-refractivity contribution < 1.29 is 19.1 Å². The molecule has 0 bridgehead atoms. The Bertz CT molecular complexity index is 721. The number of nitrogens with zero attached hydrogens (tertiary/aromatic N) is 2. The van der Waals surface area contributed by atoms with Gasteiger partial charge in [0.15, 0.2) is 0 Å². The van der Waals surface area contributed by atoms with Gasteiger partial charge < -0.3 is 14.4 Å². The highest BCUT2D eigenvalue weighted by Gasteiger charge is 2.28. The maximum absolute atomic E-state index is 12.8. The molecule has 0 aliphatic carbocycles. The van der Waals surface area contributed by atoms with Crippen molar-refractivity contribution in [2.75, 3.05) is 33.3 Å². The van der Waals surface area contributed by atoms with E-state index in [2.05, 4.69) is 11.8 Å². The summed E-state index contributed by atoms with van der Waals surface area (Å²) in [6.07, 6.45) is 3.90. The van der Waals surface area contributed by atoms with Crippen molar-refractivity contribution >= 4 is 11.7 Å². The summed E-state index contributed by atoms with van der Waals surface area (Å²) in [7, 11) is 1.67. The van der Waals surface area contributed by atoms with Crippen LogP contribution in [0.15, 0.2) is 18.2 Å². The van der Waals surface area contributed by atoms with Gasteiger partial charge in [-0.3, -0.25) is 14.5 Å². The van der Waals surface area contributed by atoms with Gasteiger partial charge in [-0.1, -0.05) is 13.8 Å². The zero-order valence-corrected chi connectivity index (χ0v) is 18.0. The largest absolute Gasteiger partial charge is 0.497 e. The Morgan fingerprint density at radius 2 is 2.07 bits per heavy atom. The van der Waals surface area contributed by atoms with Gasteiger partial charge in [-0.25, -0.2) is 0 Å². The van der Waals surface area contributed by atoms with Crippen LogP contribution in [-0.2, 0) is 16.1 Å². The lowest BCUT2D eigenvalue weighted by atomic mass is 9.92. The Kier molecular flexibility index (Phi) is 7.53. The molecule has 0 aromatic heterocycles. The van der Waals surface area contributed by atoms with Crippen LogP contribution in [0.3, 0.4) is 0 Å². The molecule has 1 aromatic carbocycles. The molecule has 0 saturated carbocycles. The summed E-state index contributed by atoms with van der Waals surface area (Å²) in [5.41, 5.74) is 1.10. The Hall–Kier alpha value is -2.08. The average molecular weight is 403 g/mol. The van der Waals surface area contributed by atoms with Crippen LogP contribution in [0.5, 0.6) is 11.5 Å². The van der Waals surface area contributed by atoms with Gasteiger partial charge in [0.25, 0.3) is 0 Å². The number of likely N-dealkylation sites (tertiary alicyclic amines) is 1. The third kappa shape index (κ3) is 5.50. The van der Waals surface area contributed by atoms with Crippen LogP contribution in [0.4, 0.5) is 0 Å². The molecule has 6 nitrogen and oxygen atoms in total. The monoisotopic (exact) mass is 402 g/mol. The Morgan fingerprint density at radius 3 is 2.79 bits per heavy atom. The van der Waals surface area contributed by atoms with Gasteiger partial charge in [0.2, 0.25) is 5.91 Å². The molecule has 1 saturated heterocycles. The first-order chi connectivity index (χ1) is 14.0. The molecule has 1 aromatic rings. The van der Waals surface area contributed by atoms with Crippen molar-refractivity contribution in [1.29, 1.82) is 0 Å². The molecule has 0 spiro atoms. The summed E-state index contributed by atoms with van der Waals surface area (Å²) in [5, 5.41) is 0. The van der Waals surface area contributed by atoms with Gasteiger partial charge in [0, 0.05) is 57.0 Å².